The van der Waals surface area contributed by atoms with Crippen LogP contribution in [0.1, 0.15) is 40.0 Å². The van der Waals surface area contributed by atoms with Crippen LogP contribution < -0.4 is 5.32 Å². The SMILES string of the molecule is CC(C)[C@@]1(C)CCN(C(=O)[C@H]2CCCN2)C1. The highest BCUT2D eigenvalue weighted by atomic mass is 16.2. The minimum absolute atomic E-state index is 0.106. The molecule has 0 aromatic carbocycles. The van der Waals surface area contributed by atoms with Gasteiger partial charge in [0.1, 0.15) is 0 Å². The van der Waals surface area contributed by atoms with Crippen molar-refractivity contribution in [2.45, 2.75) is 46.1 Å². The van der Waals surface area contributed by atoms with Gasteiger partial charge in [-0.2, -0.15) is 0 Å². The van der Waals surface area contributed by atoms with E-state index in [0.717, 1.165) is 38.9 Å². The Kier molecular flexibility index (Phi) is 3.24. The molecule has 0 unspecified atom stereocenters. The smallest absolute Gasteiger partial charge is 0.239 e. The molecule has 2 atom stereocenters. The number of rotatable bonds is 2. The van der Waals surface area contributed by atoms with Gasteiger partial charge in [0.15, 0.2) is 0 Å². The first-order valence-corrected chi connectivity index (χ1v) is 6.55. The van der Waals surface area contributed by atoms with Crippen LogP contribution in [0.25, 0.3) is 0 Å². The lowest BCUT2D eigenvalue weighted by Crippen LogP contribution is -2.43. The summed E-state index contributed by atoms with van der Waals surface area (Å²) in [6.07, 6.45) is 3.32. The molecule has 92 valence electrons. The second-order valence-electron chi connectivity index (χ2n) is 5.97. The van der Waals surface area contributed by atoms with Gasteiger partial charge < -0.3 is 10.2 Å². The monoisotopic (exact) mass is 224 g/mol. The summed E-state index contributed by atoms with van der Waals surface area (Å²) in [6, 6.07) is 0.106. The van der Waals surface area contributed by atoms with Crippen LogP contribution in [0.4, 0.5) is 0 Å². The van der Waals surface area contributed by atoms with Crippen molar-refractivity contribution in [2.24, 2.45) is 11.3 Å². The van der Waals surface area contributed by atoms with E-state index < -0.39 is 0 Å². The van der Waals surface area contributed by atoms with Crippen molar-refractivity contribution < 1.29 is 4.79 Å². The molecular weight excluding hydrogens is 200 g/mol. The minimum Gasteiger partial charge on any atom is -0.341 e. The van der Waals surface area contributed by atoms with Crippen molar-refractivity contribution in [3.8, 4) is 0 Å². The van der Waals surface area contributed by atoms with E-state index in [2.05, 4.69) is 31.0 Å². The van der Waals surface area contributed by atoms with E-state index >= 15 is 0 Å². The highest BCUT2D eigenvalue weighted by Gasteiger charge is 2.40. The van der Waals surface area contributed by atoms with Gasteiger partial charge in [-0.1, -0.05) is 20.8 Å². The molecule has 0 spiro atoms. The van der Waals surface area contributed by atoms with Gasteiger partial charge in [0.2, 0.25) is 5.91 Å². The van der Waals surface area contributed by atoms with Gasteiger partial charge >= 0.3 is 0 Å². The number of carbonyl (C=O) groups excluding carboxylic acids is 1. The summed E-state index contributed by atoms with van der Waals surface area (Å²) in [6.45, 7) is 9.75. The van der Waals surface area contributed by atoms with E-state index in [1.165, 1.54) is 0 Å². The summed E-state index contributed by atoms with van der Waals surface area (Å²) < 4.78 is 0. The number of amides is 1. The summed E-state index contributed by atoms with van der Waals surface area (Å²) in [5.41, 5.74) is 0.328. The Morgan fingerprint density at radius 3 is 2.75 bits per heavy atom. The van der Waals surface area contributed by atoms with Crippen molar-refractivity contribution in [3.05, 3.63) is 0 Å². The van der Waals surface area contributed by atoms with E-state index in [9.17, 15) is 4.79 Å². The number of nitrogens with one attached hydrogen (secondary N) is 1. The van der Waals surface area contributed by atoms with Crippen molar-refractivity contribution in [1.29, 1.82) is 0 Å². The van der Waals surface area contributed by atoms with Crippen molar-refractivity contribution in [1.82, 2.24) is 10.2 Å². The number of likely N-dealkylation sites (tertiary alicyclic amines) is 1. The summed E-state index contributed by atoms with van der Waals surface area (Å²) in [5, 5.41) is 3.30. The Hall–Kier alpha value is -0.570. The average Bonchev–Trinajstić information content (AvgIpc) is 2.85. The predicted octanol–water partition coefficient (Wildman–Crippen LogP) is 1.63. The second kappa shape index (κ2) is 4.36. The van der Waals surface area contributed by atoms with Crippen LogP contribution in [-0.2, 0) is 4.79 Å². The first kappa shape index (κ1) is 11.9. The van der Waals surface area contributed by atoms with Crippen molar-refractivity contribution in [3.63, 3.8) is 0 Å². The van der Waals surface area contributed by atoms with Crippen LogP contribution in [0.2, 0.25) is 0 Å². The molecule has 0 aliphatic carbocycles. The Bertz CT molecular complexity index is 271. The van der Waals surface area contributed by atoms with Gasteiger partial charge in [-0.25, -0.2) is 0 Å². The number of hydrogen-bond acceptors (Lipinski definition) is 2. The molecule has 0 radical (unpaired) electrons. The normalized spacial score (nSPS) is 35.0. The fourth-order valence-electron chi connectivity index (χ4n) is 2.76. The Morgan fingerprint density at radius 1 is 1.50 bits per heavy atom. The summed E-state index contributed by atoms with van der Waals surface area (Å²) in [7, 11) is 0. The number of nitrogens with zero attached hydrogens (tertiary/aromatic N) is 1. The maximum absolute atomic E-state index is 12.2. The minimum atomic E-state index is 0.106. The van der Waals surface area contributed by atoms with Gasteiger partial charge in [0.25, 0.3) is 0 Å². The standard InChI is InChI=1S/C13H24N2O/c1-10(2)13(3)6-8-15(9-13)12(16)11-5-4-7-14-11/h10-11,14H,4-9H2,1-3H3/t11-,13+/m1/s1. The van der Waals surface area contributed by atoms with Crippen LogP contribution in [-0.4, -0.2) is 36.5 Å². The summed E-state index contributed by atoms with van der Waals surface area (Å²) >= 11 is 0. The molecule has 2 aliphatic rings. The third kappa shape index (κ3) is 2.10. The first-order valence-electron chi connectivity index (χ1n) is 6.55. The van der Waals surface area contributed by atoms with Gasteiger partial charge in [0.05, 0.1) is 6.04 Å². The lowest BCUT2D eigenvalue weighted by atomic mass is 9.78. The zero-order valence-electron chi connectivity index (χ0n) is 10.8. The molecule has 0 saturated carbocycles. The zero-order chi connectivity index (χ0) is 11.8. The molecule has 16 heavy (non-hydrogen) atoms. The Labute approximate surface area is 98.6 Å². The fraction of sp³-hybridized carbons (Fsp3) is 0.923. The molecule has 3 heteroatoms. The van der Waals surface area contributed by atoms with Crippen LogP contribution >= 0.6 is 0 Å². The van der Waals surface area contributed by atoms with E-state index in [1.54, 1.807) is 0 Å². The molecule has 0 bridgehead atoms. The highest BCUT2D eigenvalue weighted by molar-refractivity contribution is 5.82. The van der Waals surface area contributed by atoms with E-state index in [-0.39, 0.29) is 6.04 Å². The molecule has 2 aliphatic heterocycles. The molecule has 0 aromatic rings. The molecule has 1 amide bonds. The largest absolute Gasteiger partial charge is 0.341 e. The van der Waals surface area contributed by atoms with Gasteiger partial charge in [-0.05, 0) is 37.1 Å². The lowest BCUT2D eigenvalue weighted by molar-refractivity contribution is -0.132. The lowest BCUT2D eigenvalue weighted by Gasteiger charge is -2.29. The first-order chi connectivity index (χ1) is 7.53. The van der Waals surface area contributed by atoms with Crippen LogP contribution in [0.3, 0.4) is 0 Å². The number of carbonyl (C=O) groups is 1. The van der Waals surface area contributed by atoms with Crippen LogP contribution in [0.15, 0.2) is 0 Å². The molecule has 2 saturated heterocycles. The van der Waals surface area contributed by atoms with Gasteiger partial charge in [-0.15, -0.1) is 0 Å². The maximum Gasteiger partial charge on any atom is 0.239 e. The average molecular weight is 224 g/mol. The molecule has 2 fully saturated rings. The molecular formula is C13H24N2O. The zero-order valence-corrected chi connectivity index (χ0v) is 10.8. The fourth-order valence-corrected chi connectivity index (χ4v) is 2.76. The topological polar surface area (TPSA) is 32.3 Å². The summed E-state index contributed by atoms with van der Waals surface area (Å²) in [4.78, 5) is 14.3. The van der Waals surface area contributed by atoms with Gasteiger partial charge in [0, 0.05) is 13.1 Å². The molecule has 1 N–H and O–H groups in total. The molecule has 2 rings (SSSR count). The quantitative estimate of drug-likeness (QED) is 0.773. The highest BCUT2D eigenvalue weighted by Crippen LogP contribution is 2.37. The maximum atomic E-state index is 12.2. The molecule has 0 aromatic heterocycles. The van der Waals surface area contributed by atoms with Crippen molar-refractivity contribution in [2.75, 3.05) is 19.6 Å². The predicted molar refractivity (Wildman–Crippen MR) is 65.2 cm³/mol. The Balaban J connectivity index is 1.95. The van der Waals surface area contributed by atoms with E-state index in [0.29, 0.717) is 17.2 Å². The molecule has 2 heterocycles. The molecule has 3 nitrogen and oxygen atoms in total. The second-order valence-corrected chi connectivity index (χ2v) is 5.97. The van der Waals surface area contributed by atoms with Crippen molar-refractivity contribution >= 4 is 5.91 Å². The van der Waals surface area contributed by atoms with Gasteiger partial charge in [-0.3, -0.25) is 4.79 Å². The van der Waals surface area contributed by atoms with Crippen LogP contribution in [0.5, 0.6) is 0 Å². The third-order valence-electron chi connectivity index (χ3n) is 4.57. The van der Waals surface area contributed by atoms with E-state index in [4.69, 9.17) is 0 Å². The summed E-state index contributed by atoms with van der Waals surface area (Å²) in [5.74, 6) is 0.990. The third-order valence-corrected chi connectivity index (χ3v) is 4.57. The number of hydrogen-bond donors (Lipinski definition) is 1. The van der Waals surface area contributed by atoms with Crippen LogP contribution in [0, 0.1) is 11.3 Å². The van der Waals surface area contributed by atoms with E-state index in [1.807, 2.05) is 0 Å². The Morgan fingerprint density at radius 2 is 2.25 bits per heavy atom.